The zero-order valence-electron chi connectivity index (χ0n) is 14.8. The lowest BCUT2D eigenvalue weighted by molar-refractivity contribution is 0.0842. The molecule has 1 aromatic rings. The fraction of sp³-hybridized carbons (Fsp3) is 0.824. The van der Waals surface area contributed by atoms with Gasteiger partial charge in [-0.1, -0.05) is 27.7 Å². The fourth-order valence-corrected chi connectivity index (χ4v) is 4.25. The predicted molar refractivity (Wildman–Crippen MR) is 89.6 cm³/mol. The van der Waals surface area contributed by atoms with Crippen LogP contribution >= 0.6 is 0 Å². The molecule has 1 aliphatic rings. The molecule has 4 heteroatoms. The average molecular weight is 292 g/mol. The van der Waals surface area contributed by atoms with E-state index in [1.54, 1.807) is 0 Å². The van der Waals surface area contributed by atoms with Crippen molar-refractivity contribution >= 4 is 5.95 Å². The van der Waals surface area contributed by atoms with E-state index in [0.29, 0.717) is 16.9 Å². The molecule has 0 unspecified atom stereocenters. The van der Waals surface area contributed by atoms with Gasteiger partial charge in [-0.15, -0.1) is 0 Å². The van der Waals surface area contributed by atoms with E-state index in [1.807, 2.05) is 20.3 Å². The Bertz CT molecular complexity index is 469. The summed E-state index contributed by atoms with van der Waals surface area (Å²) in [6.45, 7) is 10.5. The van der Waals surface area contributed by atoms with E-state index in [4.69, 9.17) is 0 Å². The van der Waals surface area contributed by atoms with Gasteiger partial charge in [0, 0.05) is 33.7 Å². The largest absolute Gasteiger partial charge is 0.348 e. The molecule has 0 amide bonds. The molecule has 0 spiro atoms. The van der Waals surface area contributed by atoms with E-state index < -0.39 is 0 Å². The lowest BCUT2D eigenvalue weighted by Gasteiger charge is -2.45. The summed E-state index contributed by atoms with van der Waals surface area (Å²) in [4.78, 5) is 6.54. The van der Waals surface area contributed by atoms with Gasteiger partial charge < -0.3 is 14.8 Å². The highest BCUT2D eigenvalue weighted by atomic mass is 15.3. The second-order valence-corrected chi connectivity index (χ2v) is 8.49. The van der Waals surface area contributed by atoms with Gasteiger partial charge >= 0.3 is 0 Å². The Labute approximate surface area is 129 Å². The average Bonchev–Trinajstić information content (AvgIpc) is 2.64. The number of hydrogen-bond acceptors (Lipinski definition) is 3. The Morgan fingerprint density at radius 1 is 1.24 bits per heavy atom. The topological polar surface area (TPSA) is 33.1 Å². The Hall–Kier alpha value is -1.03. The molecule has 0 radical (unpaired) electrons. The van der Waals surface area contributed by atoms with Gasteiger partial charge in [0.15, 0.2) is 0 Å². The van der Waals surface area contributed by atoms with Gasteiger partial charge in [0.25, 0.3) is 0 Å². The molecule has 1 heterocycles. The van der Waals surface area contributed by atoms with Gasteiger partial charge in [-0.2, -0.15) is 0 Å². The Morgan fingerprint density at radius 2 is 1.81 bits per heavy atom. The van der Waals surface area contributed by atoms with Crippen LogP contribution in [0, 0.1) is 10.8 Å². The molecule has 21 heavy (non-hydrogen) atoms. The molecule has 0 saturated heterocycles. The molecule has 0 aromatic carbocycles. The Morgan fingerprint density at radius 3 is 2.29 bits per heavy atom. The number of rotatable bonds is 4. The first-order valence-corrected chi connectivity index (χ1v) is 8.01. The number of nitrogens with zero attached hydrogens (tertiary/aromatic N) is 3. The number of aromatic nitrogens is 2. The zero-order chi connectivity index (χ0) is 15.8. The van der Waals surface area contributed by atoms with Crippen molar-refractivity contribution in [1.29, 1.82) is 0 Å². The SMILES string of the molecule is CN(C)c1ncc(CNC2CC(C)(C)CC(C)(C)C2)n1C. The van der Waals surface area contributed by atoms with Gasteiger partial charge in [-0.3, -0.25) is 0 Å². The number of hydrogen-bond donors (Lipinski definition) is 1. The number of nitrogens with one attached hydrogen (secondary N) is 1. The number of imidazole rings is 1. The van der Waals surface area contributed by atoms with Gasteiger partial charge in [0.1, 0.15) is 0 Å². The monoisotopic (exact) mass is 292 g/mol. The van der Waals surface area contributed by atoms with E-state index >= 15 is 0 Å². The molecule has 0 aliphatic heterocycles. The zero-order valence-corrected chi connectivity index (χ0v) is 14.8. The summed E-state index contributed by atoms with van der Waals surface area (Å²) in [5.74, 6) is 1.01. The normalized spacial score (nSPS) is 21.5. The third-order valence-electron chi connectivity index (χ3n) is 4.59. The van der Waals surface area contributed by atoms with Crippen molar-refractivity contribution in [3.8, 4) is 0 Å². The third-order valence-corrected chi connectivity index (χ3v) is 4.59. The van der Waals surface area contributed by atoms with E-state index in [-0.39, 0.29) is 0 Å². The highest BCUT2D eigenvalue weighted by Crippen LogP contribution is 2.45. The highest BCUT2D eigenvalue weighted by Gasteiger charge is 2.38. The van der Waals surface area contributed by atoms with Crippen LogP contribution in [-0.4, -0.2) is 29.7 Å². The van der Waals surface area contributed by atoms with Gasteiger partial charge in [-0.05, 0) is 30.1 Å². The highest BCUT2D eigenvalue weighted by molar-refractivity contribution is 5.30. The van der Waals surface area contributed by atoms with E-state index in [0.717, 1.165) is 12.5 Å². The van der Waals surface area contributed by atoms with E-state index in [1.165, 1.54) is 25.0 Å². The number of anilines is 1. The molecule has 2 rings (SSSR count). The van der Waals surface area contributed by atoms with Crippen LogP contribution in [-0.2, 0) is 13.6 Å². The second-order valence-electron chi connectivity index (χ2n) is 8.49. The fourth-order valence-electron chi connectivity index (χ4n) is 4.25. The first kappa shape index (κ1) is 16.3. The van der Waals surface area contributed by atoms with Crippen molar-refractivity contribution < 1.29 is 0 Å². The predicted octanol–water partition coefficient (Wildman–Crippen LogP) is 3.18. The first-order chi connectivity index (χ1) is 9.60. The maximum atomic E-state index is 4.49. The molecular formula is C17H32N4. The minimum Gasteiger partial charge on any atom is -0.348 e. The lowest BCUT2D eigenvalue weighted by atomic mass is 9.63. The molecule has 1 N–H and O–H groups in total. The lowest BCUT2D eigenvalue weighted by Crippen LogP contribution is -2.43. The van der Waals surface area contributed by atoms with Crippen molar-refractivity contribution in [2.24, 2.45) is 17.9 Å². The van der Waals surface area contributed by atoms with Crippen LogP contribution < -0.4 is 10.2 Å². The molecule has 1 fully saturated rings. The second kappa shape index (κ2) is 5.64. The third kappa shape index (κ3) is 4.00. The van der Waals surface area contributed by atoms with Crippen LogP contribution in [0.4, 0.5) is 5.95 Å². The summed E-state index contributed by atoms with van der Waals surface area (Å²) in [6.07, 6.45) is 5.82. The van der Waals surface area contributed by atoms with Crippen molar-refractivity contribution in [2.45, 2.75) is 59.5 Å². The standard InChI is InChI=1S/C17H32N4/c1-16(2)8-13(9-17(3,4)12-16)18-10-14-11-19-15(20(5)6)21(14)7/h11,13,18H,8-10,12H2,1-7H3. The minimum absolute atomic E-state index is 0.431. The Balaban J connectivity index is 2.00. The summed E-state index contributed by atoms with van der Waals surface area (Å²) in [5, 5.41) is 3.76. The van der Waals surface area contributed by atoms with Gasteiger partial charge in [0.05, 0.1) is 11.9 Å². The molecular weight excluding hydrogens is 260 g/mol. The van der Waals surface area contributed by atoms with Crippen LogP contribution in [0.2, 0.25) is 0 Å². The molecule has 120 valence electrons. The van der Waals surface area contributed by atoms with Crippen LogP contribution in [0.3, 0.4) is 0 Å². The quantitative estimate of drug-likeness (QED) is 0.925. The van der Waals surface area contributed by atoms with Crippen LogP contribution in [0.15, 0.2) is 6.20 Å². The van der Waals surface area contributed by atoms with Crippen LogP contribution in [0.5, 0.6) is 0 Å². The summed E-state index contributed by atoms with van der Waals surface area (Å²) < 4.78 is 2.17. The molecule has 1 saturated carbocycles. The maximum Gasteiger partial charge on any atom is 0.204 e. The van der Waals surface area contributed by atoms with Crippen molar-refractivity contribution in [1.82, 2.24) is 14.9 Å². The smallest absolute Gasteiger partial charge is 0.204 e. The first-order valence-electron chi connectivity index (χ1n) is 8.01. The van der Waals surface area contributed by atoms with Gasteiger partial charge in [-0.25, -0.2) is 4.98 Å². The van der Waals surface area contributed by atoms with E-state index in [2.05, 4.69) is 54.5 Å². The van der Waals surface area contributed by atoms with Crippen LogP contribution in [0.1, 0.15) is 52.7 Å². The summed E-state index contributed by atoms with van der Waals surface area (Å²) >= 11 is 0. The maximum absolute atomic E-state index is 4.49. The Kier molecular flexibility index (Phi) is 4.39. The molecule has 1 aliphatic carbocycles. The molecule has 0 bridgehead atoms. The molecule has 0 atom stereocenters. The summed E-state index contributed by atoms with van der Waals surface area (Å²) in [6, 6.07) is 0.599. The minimum atomic E-state index is 0.431. The molecule has 1 aromatic heterocycles. The van der Waals surface area contributed by atoms with Crippen molar-refractivity contribution in [3.63, 3.8) is 0 Å². The van der Waals surface area contributed by atoms with Crippen molar-refractivity contribution in [3.05, 3.63) is 11.9 Å². The van der Waals surface area contributed by atoms with Crippen molar-refractivity contribution in [2.75, 3.05) is 19.0 Å². The summed E-state index contributed by atoms with van der Waals surface area (Å²) in [5.41, 5.74) is 2.11. The van der Waals surface area contributed by atoms with E-state index in [9.17, 15) is 0 Å². The van der Waals surface area contributed by atoms with Crippen LogP contribution in [0.25, 0.3) is 0 Å². The molecule has 4 nitrogen and oxygen atoms in total. The summed E-state index contributed by atoms with van der Waals surface area (Å²) in [7, 11) is 6.16. The van der Waals surface area contributed by atoms with Gasteiger partial charge in [0.2, 0.25) is 5.95 Å².